The van der Waals surface area contributed by atoms with Gasteiger partial charge in [-0.05, 0) is 61.8 Å². The van der Waals surface area contributed by atoms with Crippen LogP contribution in [0.2, 0.25) is 0 Å². The van der Waals surface area contributed by atoms with E-state index < -0.39 is 32.9 Å². The summed E-state index contributed by atoms with van der Waals surface area (Å²) in [5.74, 6) is -0.811. The summed E-state index contributed by atoms with van der Waals surface area (Å²) in [6.07, 6.45) is -0.734. The molecule has 1 saturated carbocycles. The minimum absolute atomic E-state index is 0.0261. The first-order valence-electron chi connectivity index (χ1n) is 11.5. The van der Waals surface area contributed by atoms with Crippen LogP contribution < -0.4 is 5.32 Å². The van der Waals surface area contributed by atoms with Gasteiger partial charge in [-0.3, -0.25) is 4.79 Å². The predicted molar refractivity (Wildman–Crippen MR) is 116 cm³/mol. The molecule has 4 rings (SSSR count). The molecule has 184 valence electrons. The molecule has 2 fully saturated rings. The Balaban J connectivity index is 1.57. The number of amides is 1. The van der Waals surface area contributed by atoms with Crippen molar-refractivity contribution in [2.24, 2.45) is 11.3 Å². The fraction of sp³-hybridized carbons (Fsp3) is 0.696. The highest BCUT2D eigenvalue weighted by Crippen LogP contribution is 2.47. The van der Waals surface area contributed by atoms with E-state index in [9.17, 15) is 26.4 Å². The number of benzene rings is 1. The van der Waals surface area contributed by atoms with Crippen LogP contribution in [0, 0.1) is 11.3 Å². The first-order chi connectivity index (χ1) is 15.4. The van der Waals surface area contributed by atoms with Crippen LogP contribution in [0.3, 0.4) is 0 Å². The lowest BCUT2D eigenvalue weighted by atomic mass is 9.74. The Morgan fingerprint density at radius 2 is 1.88 bits per heavy atom. The van der Waals surface area contributed by atoms with Crippen molar-refractivity contribution in [3.05, 3.63) is 29.3 Å². The Labute approximate surface area is 192 Å². The molecule has 1 aliphatic carbocycles. The standard InChI is InChI=1S/C23H31F3N2O4S/c1-15(2)22(8-5-19(12-22)27-18-6-9-32-10-7-18)21(29)28-13-16-11-17(23(24,25)26)3-4-20(16)33(30,31)14-28/h3-4,11,15,18-19,27H,5-10,12-14H2,1-2H3/t19-,22+/m0/s1. The molecule has 2 atom stereocenters. The Kier molecular flexibility index (Phi) is 6.56. The van der Waals surface area contributed by atoms with E-state index in [1.165, 1.54) is 4.90 Å². The van der Waals surface area contributed by atoms with E-state index in [1.54, 1.807) is 0 Å². The van der Waals surface area contributed by atoms with Gasteiger partial charge in [0, 0.05) is 31.8 Å². The average Bonchev–Trinajstić information content (AvgIpc) is 3.17. The minimum Gasteiger partial charge on any atom is -0.381 e. The van der Waals surface area contributed by atoms with Gasteiger partial charge in [0.1, 0.15) is 5.88 Å². The van der Waals surface area contributed by atoms with Crippen LogP contribution in [0.15, 0.2) is 23.1 Å². The number of sulfone groups is 1. The van der Waals surface area contributed by atoms with Crippen LogP contribution in [-0.4, -0.2) is 50.4 Å². The molecule has 10 heteroatoms. The molecule has 2 aliphatic heterocycles. The lowest BCUT2D eigenvalue weighted by molar-refractivity contribution is -0.144. The first-order valence-corrected chi connectivity index (χ1v) is 13.1. The number of carbonyl (C=O) groups excluding carboxylic acids is 1. The second-order valence-electron chi connectivity index (χ2n) is 9.87. The van der Waals surface area contributed by atoms with E-state index in [0.717, 1.165) is 37.5 Å². The van der Waals surface area contributed by atoms with Gasteiger partial charge >= 0.3 is 6.18 Å². The summed E-state index contributed by atoms with van der Waals surface area (Å²) < 4.78 is 70.8. The summed E-state index contributed by atoms with van der Waals surface area (Å²) >= 11 is 0. The summed E-state index contributed by atoms with van der Waals surface area (Å²) in [6.45, 7) is 5.21. The van der Waals surface area contributed by atoms with Crippen molar-refractivity contribution in [2.75, 3.05) is 19.1 Å². The average molecular weight is 489 g/mol. The van der Waals surface area contributed by atoms with Gasteiger partial charge in [-0.1, -0.05) is 13.8 Å². The number of carbonyl (C=O) groups is 1. The zero-order valence-corrected chi connectivity index (χ0v) is 19.8. The smallest absolute Gasteiger partial charge is 0.381 e. The predicted octanol–water partition coefficient (Wildman–Crippen LogP) is 3.74. The van der Waals surface area contributed by atoms with Gasteiger partial charge in [0.2, 0.25) is 5.91 Å². The zero-order valence-electron chi connectivity index (χ0n) is 19.0. The number of hydrogen-bond acceptors (Lipinski definition) is 5. The number of hydrogen-bond donors (Lipinski definition) is 1. The molecule has 1 amide bonds. The molecule has 6 nitrogen and oxygen atoms in total. The molecule has 1 saturated heterocycles. The number of fused-ring (bicyclic) bond motifs is 1. The molecular formula is C23H31F3N2O4S. The lowest BCUT2D eigenvalue weighted by Gasteiger charge is -2.39. The van der Waals surface area contributed by atoms with Crippen molar-refractivity contribution >= 4 is 15.7 Å². The van der Waals surface area contributed by atoms with Crippen molar-refractivity contribution in [3.63, 3.8) is 0 Å². The van der Waals surface area contributed by atoms with E-state index in [-0.39, 0.29) is 34.9 Å². The highest BCUT2D eigenvalue weighted by Gasteiger charge is 2.51. The molecule has 0 radical (unpaired) electrons. The van der Waals surface area contributed by atoms with Crippen LogP contribution in [0.25, 0.3) is 0 Å². The molecule has 2 heterocycles. The fourth-order valence-corrected chi connectivity index (χ4v) is 7.09. The molecule has 1 N–H and O–H groups in total. The number of halogens is 3. The summed E-state index contributed by atoms with van der Waals surface area (Å²) in [4.78, 5) is 14.9. The molecule has 3 aliphatic rings. The molecule has 0 bridgehead atoms. The number of alkyl halides is 3. The van der Waals surface area contributed by atoms with Crippen LogP contribution >= 0.6 is 0 Å². The van der Waals surface area contributed by atoms with E-state index in [0.29, 0.717) is 32.1 Å². The fourth-order valence-electron chi connectivity index (χ4n) is 5.54. The zero-order chi connectivity index (χ0) is 24.0. The third-order valence-corrected chi connectivity index (χ3v) is 9.19. The third kappa shape index (κ3) is 4.79. The van der Waals surface area contributed by atoms with Gasteiger partial charge < -0.3 is 15.0 Å². The maximum Gasteiger partial charge on any atom is 0.416 e. The highest BCUT2D eigenvalue weighted by atomic mass is 32.2. The monoisotopic (exact) mass is 488 g/mol. The maximum absolute atomic E-state index is 13.8. The highest BCUT2D eigenvalue weighted by molar-refractivity contribution is 7.91. The number of nitrogens with one attached hydrogen (secondary N) is 1. The minimum atomic E-state index is -4.58. The summed E-state index contributed by atoms with van der Waals surface area (Å²) in [5.41, 5.74) is -1.62. The second kappa shape index (κ2) is 8.85. The van der Waals surface area contributed by atoms with Crippen molar-refractivity contribution < 1.29 is 31.1 Å². The Morgan fingerprint density at radius 1 is 1.18 bits per heavy atom. The van der Waals surface area contributed by atoms with Gasteiger partial charge in [-0.2, -0.15) is 13.2 Å². The largest absolute Gasteiger partial charge is 0.416 e. The van der Waals surface area contributed by atoms with Crippen molar-refractivity contribution in [3.8, 4) is 0 Å². The first kappa shape index (κ1) is 24.5. The molecule has 1 aromatic rings. The van der Waals surface area contributed by atoms with Gasteiger partial charge in [-0.15, -0.1) is 0 Å². The van der Waals surface area contributed by atoms with E-state index in [1.807, 2.05) is 13.8 Å². The SMILES string of the molecule is CC(C)[C@@]1(C(=O)N2Cc3cc(C(F)(F)F)ccc3S(=O)(=O)C2)CC[C@H](NC2CCOCC2)C1. The topological polar surface area (TPSA) is 75.7 Å². The quantitative estimate of drug-likeness (QED) is 0.699. The lowest BCUT2D eigenvalue weighted by Crippen LogP contribution is -2.50. The van der Waals surface area contributed by atoms with Gasteiger partial charge in [0.05, 0.1) is 15.9 Å². The van der Waals surface area contributed by atoms with Crippen LogP contribution in [0.5, 0.6) is 0 Å². The second-order valence-corrected chi connectivity index (χ2v) is 11.8. The number of ether oxygens (including phenoxy) is 1. The van der Waals surface area contributed by atoms with Crippen molar-refractivity contribution in [1.29, 1.82) is 0 Å². The summed E-state index contributed by atoms with van der Waals surface area (Å²) in [6, 6.07) is 3.14. The Morgan fingerprint density at radius 3 is 2.52 bits per heavy atom. The molecule has 0 spiro atoms. The molecular weight excluding hydrogens is 457 g/mol. The number of nitrogens with zero attached hydrogens (tertiary/aromatic N) is 1. The van der Waals surface area contributed by atoms with E-state index >= 15 is 0 Å². The van der Waals surface area contributed by atoms with Crippen LogP contribution in [0.4, 0.5) is 13.2 Å². The summed E-state index contributed by atoms with van der Waals surface area (Å²) in [5, 5.41) is 3.65. The molecule has 1 aromatic carbocycles. The van der Waals surface area contributed by atoms with Gasteiger partial charge in [0.15, 0.2) is 9.84 Å². The number of rotatable bonds is 4. The molecule has 33 heavy (non-hydrogen) atoms. The normalized spacial score (nSPS) is 28.2. The Hall–Kier alpha value is -1.65. The summed E-state index contributed by atoms with van der Waals surface area (Å²) in [7, 11) is -3.91. The Bertz CT molecular complexity index is 1010. The molecule has 0 aromatic heterocycles. The van der Waals surface area contributed by atoms with Crippen molar-refractivity contribution in [2.45, 2.75) is 75.7 Å². The van der Waals surface area contributed by atoms with Crippen molar-refractivity contribution in [1.82, 2.24) is 10.2 Å². The molecule has 0 unspecified atom stereocenters. The third-order valence-electron chi connectivity index (χ3n) is 7.47. The van der Waals surface area contributed by atoms with E-state index in [2.05, 4.69) is 5.32 Å². The van der Waals surface area contributed by atoms with Crippen LogP contribution in [0.1, 0.15) is 57.1 Å². The van der Waals surface area contributed by atoms with Gasteiger partial charge in [0.25, 0.3) is 0 Å². The van der Waals surface area contributed by atoms with E-state index in [4.69, 9.17) is 4.74 Å². The van der Waals surface area contributed by atoms with Gasteiger partial charge in [-0.25, -0.2) is 8.42 Å². The maximum atomic E-state index is 13.8. The van der Waals surface area contributed by atoms with Crippen LogP contribution in [-0.2, 0) is 32.1 Å².